The van der Waals surface area contributed by atoms with Crippen LogP contribution in [0.3, 0.4) is 0 Å². The van der Waals surface area contributed by atoms with Crippen molar-refractivity contribution in [2.45, 2.75) is 0 Å². The third kappa shape index (κ3) is 3.20. The van der Waals surface area contributed by atoms with E-state index >= 15 is 0 Å². The Morgan fingerprint density at radius 2 is 0.875 bits per heavy atom. The number of carboxylic acid groups (broad SMARTS) is 3. The molecule has 0 heterocycles. The Kier molecular flexibility index (Phi) is 4.90. The second-order valence-corrected chi connectivity index (χ2v) is 2.66. The van der Waals surface area contributed by atoms with E-state index in [-0.39, 0.29) is 22.4 Å². The maximum atomic E-state index is 10.4. The molecule has 0 N–H and O–H groups in total. The standard InChI is InChI=1S/C9H6O6.Ag/c10-7(11)4-1-5(8(12)13)3-6(2-4)9(14)15;/h1-3H,(H,10,11)(H,12,13)(H,14,15);/p-3. The van der Waals surface area contributed by atoms with Crippen molar-refractivity contribution in [2.75, 3.05) is 0 Å². The predicted octanol–water partition coefficient (Wildman–Crippen LogP) is -3.23. The second kappa shape index (κ2) is 5.45. The van der Waals surface area contributed by atoms with Gasteiger partial charge in [0.15, 0.2) is 0 Å². The number of hydrogen-bond donors (Lipinski definition) is 0. The SMILES string of the molecule is O=C([O-])c1cc(C(=O)[O-])cc(C(=O)[O-])c1.[Ag]. The number of aromatic carboxylic acids is 3. The first-order chi connectivity index (χ1) is 6.91. The zero-order valence-electron chi connectivity index (χ0n) is 7.48. The van der Waals surface area contributed by atoms with Crippen molar-refractivity contribution in [2.24, 2.45) is 0 Å². The van der Waals surface area contributed by atoms with Crippen LogP contribution in [0, 0.1) is 0 Å². The van der Waals surface area contributed by atoms with Crippen LogP contribution in [0.15, 0.2) is 18.2 Å². The van der Waals surface area contributed by atoms with E-state index in [0.29, 0.717) is 0 Å². The first kappa shape index (κ1) is 14.4. The summed E-state index contributed by atoms with van der Waals surface area (Å²) in [6, 6.07) is 2.24. The van der Waals surface area contributed by atoms with Crippen LogP contribution >= 0.6 is 0 Å². The Morgan fingerprint density at radius 3 is 1.00 bits per heavy atom. The van der Waals surface area contributed by atoms with Gasteiger partial charge in [-0.3, -0.25) is 0 Å². The zero-order chi connectivity index (χ0) is 11.6. The van der Waals surface area contributed by atoms with Gasteiger partial charge in [-0.2, -0.15) is 0 Å². The minimum absolute atomic E-state index is 0. The third-order valence-electron chi connectivity index (χ3n) is 1.64. The van der Waals surface area contributed by atoms with E-state index in [1.807, 2.05) is 0 Å². The van der Waals surface area contributed by atoms with E-state index in [4.69, 9.17) is 0 Å². The monoisotopic (exact) mass is 314 g/mol. The molecule has 0 aliphatic carbocycles. The summed E-state index contributed by atoms with van der Waals surface area (Å²) in [5, 5.41) is 31.2. The van der Waals surface area contributed by atoms with E-state index in [2.05, 4.69) is 0 Å². The predicted molar refractivity (Wildman–Crippen MR) is 39.4 cm³/mol. The average molecular weight is 315 g/mol. The molecule has 0 fully saturated rings. The molecule has 1 aromatic rings. The molecule has 0 bridgehead atoms. The quantitative estimate of drug-likeness (QED) is 0.541. The number of hydrogen-bond acceptors (Lipinski definition) is 6. The van der Waals surface area contributed by atoms with E-state index in [1.54, 1.807) is 0 Å². The smallest absolute Gasteiger partial charge is 0.0715 e. The molecular weight excluding hydrogens is 312 g/mol. The molecular formula is C9H3AgO6-3. The number of benzene rings is 1. The van der Waals surface area contributed by atoms with Crippen molar-refractivity contribution in [3.8, 4) is 0 Å². The average Bonchev–Trinajstić information content (AvgIpc) is 2.16. The molecule has 0 saturated heterocycles. The van der Waals surface area contributed by atoms with Gasteiger partial charge in [0.25, 0.3) is 0 Å². The maximum absolute atomic E-state index is 10.4. The van der Waals surface area contributed by atoms with Gasteiger partial charge >= 0.3 is 0 Å². The summed E-state index contributed by atoms with van der Waals surface area (Å²) in [6.45, 7) is 0. The fourth-order valence-electron chi connectivity index (χ4n) is 0.981. The topological polar surface area (TPSA) is 120 Å². The number of carbonyl (C=O) groups excluding carboxylic acids is 3. The van der Waals surface area contributed by atoms with Gasteiger partial charge in [-0.15, -0.1) is 0 Å². The second-order valence-electron chi connectivity index (χ2n) is 2.66. The van der Waals surface area contributed by atoms with E-state index < -0.39 is 34.6 Å². The van der Waals surface area contributed by atoms with Gasteiger partial charge in [0, 0.05) is 22.4 Å². The van der Waals surface area contributed by atoms with Crippen molar-refractivity contribution in [3.05, 3.63) is 34.9 Å². The molecule has 1 rings (SSSR count). The summed E-state index contributed by atoms with van der Waals surface area (Å²) in [5.41, 5.74) is -1.68. The minimum atomic E-state index is -1.68. The Morgan fingerprint density at radius 1 is 0.688 bits per heavy atom. The fourth-order valence-corrected chi connectivity index (χ4v) is 0.981. The van der Waals surface area contributed by atoms with E-state index in [0.717, 1.165) is 18.2 Å². The molecule has 7 heteroatoms. The van der Waals surface area contributed by atoms with Crippen molar-refractivity contribution >= 4 is 17.9 Å². The Labute approximate surface area is 105 Å². The summed E-state index contributed by atoms with van der Waals surface area (Å²) in [4.78, 5) is 31.2. The van der Waals surface area contributed by atoms with Gasteiger partial charge in [-0.25, -0.2) is 0 Å². The molecule has 0 amide bonds. The molecule has 0 saturated carbocycles. The fraction of sp³-hybridized carbons (Fsp3) is 0. The zero-order valence-corrected chi connectivity index (χ0v) is 8.97. The van der Waals surface area contributed by atoms with E-state index in [1.165, 1.54) is 0 Å². The molecule has 0 spiro atoms. The van der Waals surface area contributed by atoms with Crippen LogP contribution < -0.4 is 15.3 Å². The first-order valence-electron chi connectivity index (χ1n) is 3.71. The van der Waals surface area contributed by atoms with Gasteiger partial charge < -0.3 is 29.7 Å². The van der Waals surface area contributed by atoms with Crippen molar-refractivity contribution in [1.82, 2.24) is 0 Å². The van der Waals surface area contributed by atoms with Gasteiger partial charge in [-0.1, -0.05) is 0 Å². The molecule has 6 nitrogen and oxygen atoms in total. The van der Waals surface area contributed by atoms with Crippen molar-refractivity contribution < 1.29 is 52.1 Å². The summed E-state index contributed by atoms with van der Waals surface area (Å²) >= 11 is 0. The maximum Gasteiger partial charge on any atom is 0.0715 e. The Hall–Kier alpha value is -1.63. The molecule has 1 aromatic carbocycles. The van der Waals surface area contributed by atoms with Crippen LogP contribution in [-0.4, -0.2) is 17.9 Å². The molecule has 0 unspecified atom stereocenters. The van der Waals surface area contributed by atoms with E-state index in [9.17, 15) is 29.7 Å². The van der Waals surface area contributed by atoms with Gasteiger partial charge in [0.1, 0.15) is 0 Å². The van der Waals surface area contributed by atoms with Crippen molar-refractivity contribution in [1.29, 1.82) is 0 Å². The molecule has 89 valence electrons. The molecule has 1 radical (unpaired) electrons. The Balaban J connectivity index is 0.00000225. The largest absolute Gasteiger partial charge is 0.545 e. The minimum Gasteiger partial charge on any atom is -0.545 e. The summed E-state index contributed by atoms with van der Waals surface area (Å²) in [7, 11) is 0. The summed E-state index contributed by atoms with van der Waals surface area (Å²) in [5.74, 6) is -5.04. The van der Waals surface area contributed by atoms with Gasteiger partial charge in [-0.05, 0) is 34.9 Å². The molecule has 0 aliphatic rings. The summed E-state index contributed by atoms with van der Waals surface area (Å²) < 4.78 is 0. The summed E-state index contributed by atoms with van der Waals surface area (Å²) in [6.07, 6.45) is 0. The van der Waals surface area contributed by atoms with Crippen LogP contribution in [-0.2, 0) is 22.4 Å². The van der Waals surface area contributed by atoms with Crippen LogP contribution in [0.2, 0.25) is 0 Å². The van der Waals surface area contributed by atoms with Gasteiger partial charge in [0.05, 0.1) is 17.9 Å². The molecule has 0 aromatic heterocycles. The van der Waals surface area contributed by atoms with Crippen LogP contribution in [0.25, 0.3) is 0 Å². The number of carboxylic acids is 3. The molecule has 16 heavy (non-hydrogen) atoms. The number of carbonyl (C=O) groups is 3. The molecule has 0 aliphatic heterocycles. The normalized spacial score (nSPS) is 9.00. The third-order valence-corrected chi connectivity index (χ3v) is 1.64. The number of rotatable bonds is 3. The van der Waals surface area contributed by atoms with Crippen LogP contribution in [0.5, 0.6) is 0 Å². The first-order valence-corrected chi connectivity index (χ1v) is 3.71. The van der Waals surface area contributed by atoms with Gasteiger partial charge in [0.2, 0.25) is 0 Å². The van der Waals surface area contributed by atoms with Crippen LogP contribution in [0.1, 0.15) is 31.1 Å². The Bertz CT molecular complexity index is 374. The molecule has 0 atom stereocenters. The van der Waals surface area contributed by atoms with Crippen LogP contribution in [0.4, 0.5) is 0 Å². The van der Waals surface area contributed by atoms with Crippen molar-refractivity contribution in [3.63, 3.8) is 0 Å².